The second-order valence-corrected chi connectivity index (χ2v) is 5.77. The Morgan fingerprint density at radius 2 is 1.90 bits per heavy atom. The van der Waals surface area contributed by atoms with Gasteiger partial charge in [0.1, 0.15) is 5.82 Å². The van der Waals surface area contributed by atoms with Gasteiger partial charge in [-0.15, -0.1) is 11.8 Å². The molecule has 1 aliphatic heterocycles. The van der Waals surface area contributed by atoms with Crippen molar-refractivity contribution in [3.63, 3.8) is 0 Å². The van der Waals surface area contributed by atoms with Crippen LogP contribution in [0.1, 0.15) is 5.56 Å². The van der Waals surface area contributed by atoms with E-state index in [0.717, 1.165) is 16.3 Å². The van der Waals surface area contributed by atoms with Gasteiger partial charge in [-0.1, -0.05) is 30.3 Å². The zero-order chi connectivity index (χ0) is 13.9. The van der Waals surface area contributed by atoms with Gasteiger partial charge in [0.05, 0.1) is 12.1 Å². The predicted molar refractivity (Wildman–Crippen MR) is 79.6 cm³/mol. The number of benzene rings is 2. The first-order valence-electron chi connectivity index (χ1n) is 6.51. The average molecular weight is 287 g/mol. The van der Waals surface area contributed by atoms with Gasteiger partial charge in [0.15, 0.2) is 0 Å². The minimum absolute atomic E-state index is 0.0529. The second kappa shape index (κ2) is 5.67. The van der Waals surface area contributed by atoms with Gasteiger partial charge < -0.3 is 4.90 Å². The van der Waals surface area contributed by atoms with Crippen LogP contribution in [-0.4, -0.2) is 18.2 Å². The molecule has 0 spiro atoms. The van der Waals surface area contributed by atoms with Crippen molar-refractivity contribution in [3.05, 3.63) is 59.9 Å². The maximum Gasteiger partial charge on any atom is 0.231 e. The highest BCUT2D eigenvalue weighted by molar-refractivity contribution is 7.99. The summed E-state index contributed by atoms with van der Waals surface area (Å²) < 4.78 is 13.6. The molecule has 1 amide bonds. The number of thioether (sulfide) groups is 1. The highest BCUT2D eigenvalue weighted by atomic mass is 32.2. The van der Waals surface area contributed by atoms with E-state index in [1.807, 2.05) is 24.3 Å². The summed E-state index contributed by atoms with van der Waals surface area (Å²) in [4.78, 5) is 15.3. The van der Waals surface area contributed by atoms with Crippen LogP contribution in [0.25, 0.3) is 0 Å². The molecule has 0 aliphatic carbocycles. The van der Waals surface area contributed by atoms with Crippen LogP contribution >= 0.6 is 11.8 Å². The summed E-state index contributed by atoms with van der Waals surface area (Å²) in [6, 6.07) is 14.3. The van der Waals surface area contributed by atoms with Crippen LogP contribution in [0, 0.1) is 5.82 Å². The highest BCUT2D eigenvalue weighted by Gasteiger charge is 2.23. The molecule has 0 saturated heterocycles. The van der Waals surface area contributed by atoms with E-state index in [0.29, 0.717) is 12.1 Å². The minimum Gasteiger partial charge on any atom is -0.310 e. The summed E-state index contributed by atoms with van der Waals surface area (Å²) in [7, 11) is 0. The first kappa shape index (κ1) is 13.2. The average Bonchev–Trinajstić information content (AvgIpc) is 2.49. The van der Waals surface area contributed by atoms with Gasteiger partial charge in [-0.2, -0.15) is 0 Å². The molecule has 2 aromatic rings. The molecule has 4 heteroatoms. The van der Waals surface area contributed by atoms with Gasteiger partial charge in [0.2, 0.25) is 5.91 Å². The summed E-state index contributed by atoms with van der Waals surface area (Å²) in [5.41, 5.74) is 1.39. The molecular weight excluding hydrogens is 273 g/mol. The molecule has 3 rings (SSSR count). The fourth-order valence-corrected chi connectivity index (χ4v) is 3.32. The standard InChI is InChI=1S/C16H14FNOS/c17-13-6-2-1-5-12(13)11-16(19)18-9-10-20-15-8-4-3-7-14(15)18/h1-8H,9-11H2. The van der Waals surface area contributed by atoms with E-state index < -0.39 is 0 Å². The molecular formula is C16H14FNOS. The molecule has 0 atom stereocenters. The maximum atomic E-state index is 13.6. The molecule has 0 unspecified atom stereocenters. The van der Waals surface area contributed by atoms with Gasteiger partial charge in [-0.05, 0) is 23.8 Å². The number of rotatable bonds is 2. The number of carbonyl (C=O) groups is 1. The van der Waals surface area contributed by atoms with Gasteiger partial charge in [-0.3, -0.25) is 4.79 Å². The molecule has 0 aromatic heterocycles. The van der Waals surface area contributed by atoms with Crippen LogP contribution in [0.5, 0.6) is 0 Å². The second-order valence-electron chi connectivity index (χ2n) is 4.63. The van der Waals surface area contributed by atoms with Gasteiger partial charge in [-0.25, -0.2) is 4.39 Å². The van der Waals surface area contributed by atoms with Crippen LogP contribution in [0.2, 0.25) is 0 Å². The molecule has 0 radical (unpaired) electrons. The number of anilines is 1. The van der Waals surface area contributed by atoms with Gasteiger partial charge in [0.25, 0.3) is 0 Å². The lowest BCUT2D eigenvalue weighted by atomic mass is 10.1. The fourth-order valence-electron chi connectivity index (χ4n) is 2.33. The van der Waals surface area contributed by atoms with E-state index in [2.05, 4.69) is 0 Å². The van der Waals surface area contributed by atoms with Crippen molar-refractivity contribution in [2.45, 2.75) is 11.3 Å². The Balaban J connectivity index is 1.84. The number of hydrogen-bond donors (Lipinski definition) is 0. The largest absolute Gasteiger partial charge is 0.310 e. The van der Waals surface area contributed by atoms with Crippen LogP contribution in [0.15, 0.2) is 53.4 Å². The van der Waals surface area contributed by atoms with Gasteiger partial charge >= 0.3 is 0 Å². The minimum atomic E-state index is -0.319. The molecule has 102 valence electrons. The van der Waals surface area contributed by atoms with E-state index in [9.17, 15) is 9.18 Å². The lowest BCUT2D eigenvalue weighted by molar-refractivity contribution is -0.118. The van der Waals surface area contributed by atoms with Crippen molar-refractivity contribution in [1.29, 1.82) is 0 Å². The van der Waals surface area contributed by atoms with Crippen LogP contribution in [-0.2, 0) is 11.2 Å². The Hall–Kier alpha value is -1.81. The van der Waals surface area contributed by atoms with Crippen molar-refractivity contribution < 1.29 is 9.18 Å². The quantitative estimate of drug-likeness (QED) is 0.842. The van der Waals surface area contributed by atoms with Crippen LogP contribution in [0.3, 0.4) is 0 Å². The van der Waals surface area contributed by atoms with Crippen molar-refractivity contribution in [1.82, 2.24) is 0 Å². The van der Waals surface area contributed by atoms with Crippen molar-refractivity contribution in [2.75, 3.05) is 17.2 Å². The van der Waals surface area contributed by atoms with E-state index in [1.54, 1.807) is 34.9 Å². The summed E-state index contributed by atoms with van der Waals surface area (Å²) in [5.74, 6) is 0.503. The smallest absolute Gasteiger partial charge is 0.231 e. The van der Waals surface area contributed by atoms with E-state index in [-0.39, 0.29) is 18.1 Å². The number of nitrogens with zero attached hydrogens (tertiary/aromatic N) is 1. The summed E-state index contributed by atoms with van der Waals surface area (Å²) in [5, 5.41) is 0. The molecule has 0 bridgehead atoms. The zero-order valence-electron chi connectivity index (χ0n) is 10.9. The third-order valence-corrected chi connectivity index (χ3v) is 4.37. The number of hydrogen-bond acceptors (Lipinski definition) is 2. The molecule has 0 saturated carbocycles. The van der Waals surface area contributed by atoms with E-state index >= 15 is 0 Å². The zero-order valence-corrected chi connectivity index (χ0v) is 11.7. The number of fused-ring (bicyclic) bond motifs is 1. The van der Waals surface area contributed by atoms with Crippen molar-refractivity contribution >= 4 is 23.4 Å². The Morgan fingerprint density at radius 3 is 2.75 bits per heavy atom. The molecule has 0 fully saturated rings. The Bertz CT molecular complexity index is 644. The summed E-state index contributed by atoms with van der Waals surface area (Å²) >= 11 is 1.75. The number of carbonyl (C=O) groups excluding carboxylic acids is 1. The topological polar surface area (TPSA) is 20.3 Å². The van der Waals surface area contributed by atoms with Crippen molar-refractivity contribution in [2.24, 2.45) is 0 Å². The number of halogens is 1. The molecule has 2 nitrogen and oxygen atoms in total. The van der Waals surface area contributed by atoms with Crippen molar-refractivity contribution in [3.8, 4) is 0 Å². The fraction of sp³-hybridized carbons (Fsp3) is 0.188. The summed E-state index contributed by atoms with van der Waals surface area (Å²) in [6.07, 6.45) is 0.103. The third kappa shape index (κ3) is 2.56. The lowest BCUT2D eigenvalue weighted by Gasteiger charge is -2.29. The highest BCUT2D eigenvalue weighted by Crippen LogP contribution is 2.34. The molecule has 2 aromatic carbocycles. The molecule has 0 N–H and O–H groups in total. The first-order valence-corrected chi connectivity index (χ1v) is 7.50. The molecule has 20 heavy (non-hydrogen) atoms. The normalized spacial score (nSPS) is 13.9. The number of para-hydroxylation sites is 1. The van der Waals surface area contributed by atoms with E-state index in [4.69, 9.17) is 0 Å². The molecule has 1 heterocycles. The summed E-state index contributed by atoms with van der Waals surface area (Å²) in [6.45, 7) is 0.676. The van der Waals surface area contributed by atoms with Gasteiger partial charge in [0, 0.05) is 17.2 Å². The maximum absolute atomic E-state index is 13.6. The Labute approximate surface area is 121 Å². The van der Waals surface area contributed by atoms with E-state index in [1.165, 1.54) is 6.07 Å². The predicted octanol–water partition coefficient (Wildman–Crippen LogP) is 3.51. The molecule has 1 aliphatic rings. The number of amides is 1. The Morgan fingerprint density at radius 1 is 1.15 bits per heavy atom. The Kier molecular flexibility index (Phi) is 3.74. The first-order chi connectivity index (χ1) is 9.75. The lowest BCUT2D eigenvalue weighted by Crippen LogP contribution is -2.36. The SMILES string of the molecule is O=C(Cc1ccccc1F)N1CCSc2ccccc21. The third-order valence-electron chi connectivity index (χ3n) is 3.33. The van der Waals surface area contributed by atoms with Crippen LogP contribution < -0.4 is 4.90 Å². The monoisotopic (exact) mass is 287 g/mol. The van der Waals surface area contributed by atoms with Crippen LogP contribution in [0.4, 0.5) is 10.1 Å².